The van der Waals surface area contributed by atoms with Crippen molar-refractivity contribution in [3.63, 3.8) is 0 Å². The summed E-state index contributed by atoms with van der Waals surface area (Å²) in [5, 5.41) is 10.4. The molecule has 2 fully saturated rings. The maximum atomic E-state index is 10.4. The largest absolute Gasteiger partial charge is 0.391 e. The Morgan fingerprint density at radius 1 is 1.33 bits per heavy atom. The number of rotatable bonds is 4. The van der Waals surface area contributed by atoms with Crippen LogP contribution in [0.25, 0.3) is 0 Å². The Kier molecular flexibility index (Phi) is 4.66. The maximum Gasteiger partial charge on any atom is 0.0709 e. The molecule has 1 heterocycles. The van der Waals surface area contributed by atoms with Crippen molar-refractivity contribution in [1.82, 2.24) is 9.80 Å². The molecule has 0 aromatic rings. The standard InChI is InChI=1S/C15H26N2O/c1-4-12-10-13(5-2)15(12)14(18)11-17-8-6-16(3)7-9-17/h1,12-15,18H,5-11H2,2-3H3. The van der Waals surface area contributed by atoms with E-state index in [0.717, 1.165) is 45.6 Å². The molecular formula is C15H26N2O. The Hall–Kier alpha value is -0.560. The Morgan fingerprint density at radius 3 is 2.56 bits per heavy atom. The van der Waals surface area contributed by atoms with Gasteiger partial charge in [0.2, 0.25) is 0 Å². The second-order valence-electron chi connectivity index (χ2n) is 5.93. The SMILES string of the molecule is C#CC1CC(CC)C1C(O)CN1CCN(C)CC1. The molecule has 3 heteroatoms. The highest BCUT2D eigenvalue weighted by Gasteiger charge is 2.43. The number of aliphatic hydroxyl groups is 1. The molecule has 4 unspecified atom stereocenters. The van der Waals surface area contributed by atoms with Crippen LogP contribution < -0.4 is 0 Å². The van der Waals surface area contributed by atoms with Crippen molar-refractivity contribution >= 4 is 0 Å². The van der Waals surface area contributed by atoms with Crippen molar-refractivity contribution in [1.29, 1.82) is 0 Å². The lowest BCUT2D eigenvalue weighted by Gasteiger charge is -2.46. The topological polar surface area (TPSA) is 26.7 Å². The van der Waals surface area contributed by atoms with E-state index in [1.807, 2.05) is 0 Å². The van der Waals surface area contributed by atoms with Crippen LogP contribution in [-0.2, 0) is 0 Å². The van der Waals surface area contributed by atoms with E-state index in [4.69, 9.17) is 6.42 Å². The van der Waals surface area contributed by atoms with Gasteiger partial charge in [-0.2, -0.15) is 0 Å². The second-order valence-corrected chi connectivity index (χ2v) is 5.93. The fraction of sp³-hybridized carbons (Fsp3) is 0.867. The molecule has 1 aliphatic heterocycles. The van der Waals surface area contributed by atoms with Gasteiger partial charge in [0.25, 0.3) is 0 Å². The highest BCUT2D eigenvalue weighted by molar-refractivity contribution is 5.07. The van der Waals surface area contributed by atoms with Gasteiger partial charge in [-0.1, -0.05) is 13.3 Å². The summed E-state index contributed by atoms with van der Waals surface area (Å²) in [6, 6.07) is 0. The first kappa shape index (κ1) is 13.9. The average Bonchev–Trinajstić information content (AvgIpc) is 2.32. The van der Waals surface area contributed by atoms with Crippen molar-refractivity contribution in [2.45, 2.75) is 25.9 Å². The number of piperazine rings is 1. The van der Waals surface area contributed by atoms with Crippen LogP contribution in [0, 0.1) is 30.1 Å². The number of aliphatic hydroxyl groups excluding tert-OH is 1. The fourth-order valence-electron chi connectivity index (χ4n) is 3.39. The molecule has 1 saturated carbocycles. The van der Waals surface area contributed by atoms with E-state index in [2.05, 4.69) is 29.7 Å². The number of terminal acetylenes is 1. The Morgan fingerprint density at radius 2 is 2.00 bits per heavy atom. The van der Waals surface area contributed by atoms with Crippen molar-refractivity contribution in [2.75, 3.05) is 39.8 Å². The third kappa shape index (κ3) is 2.88. The zero-order valence-electron chi connectivity index (χ0n) is 11.7. The number of β-amino-alcohol motifs (C(OH)–C–C–N with tert-alkyl or cyclic N) is 1. The molecule has 0 aromatic carbocycles. The molecule has 3 nitrogen and oxygen atoms in total. The number of hydrogen-bond donors (Lipinski definition) is 1. The summed E-state index contributed by atoms with van der Waals surface area (Å²) in [5.74, 6) is 4.12. The van der Waals surface area contributed by atoms with Crippen LogP contribution in [0.2, 0.25) is 0 Å². The summed E-state index contributed by atoms with van der Waals surface area (Å²) in [6.07, 6.45) is 7.56. The predicted molar refractivity (Wildman–Crippen MR) is 74.2 cm³/mol. The summed E-state index contributed by atoms with van der Waals surface area (Å²) >= 11 is 0. The Labute approximate surface area is 111 Å². The van der Waals surface area contributed by atoms with Crippen LogP contribution in [0.4, 0.5) is 0 Å². The number of likely N-dealkylation sites (N-methyl/N-ethyl adjacent to an activating group) is 1. The van der Waals surface area contributed by atoms with Gasteiger partial charge in [-0.05, 0) is 19.4 Å². The van der Waals surface area contributed by atoms with Crippen LogP contribution in [-0.4, -0.2) is 60.8 Å². The lowest BCUT2D eigenvalue weighted by atomic mass is 9.61. The molecule has 18 heavy (non-hydrogen) atoms. The van der Waals surface area contributed by atoms with Gasteiger partial charge in [0, 0.05) is 44.6 Å². The smallest absolute Gasteiger partial charge is 0.0709 e. The molecule has 102 valence electrons. The summed E-state index contributed by atoms with van der Waals surface area (Å²) in [5.41, 5.74) is 0. The predicted octanol–water partition coefficient (Wildman–Crippen LogP) is 0.890. The molecule has 0 radical (unpaired) electrons. The molecule has 1 saturated heterocycles. The fourth-order valence-corrected chi connectivity index (χ4v) is 3.39. The zero-order valence-corrected chi connectivity index (χ0v) is 11.7. The molecule has 1 N–H and O–H groups in total. The first-order chi connectivity index (χ1) is 8.65. The third-order valence-corrected chi connectivity index (χ3v) is 4.79. The first-order valence-electron chi connectivity index (χ1n) is 7.20. The van der Waals surface area contributed by atoms with Crippen LogP contribution in [0.5, 0.6) is 0 Å². The molecular weight excluding hydrogens is 224 g/mol. The maximum absolute atomic E-state index is 10.4. The van der Waals surface area contributed by atoms with Crippen molar-refractivity contribution < 1.29 is 5.11 Å². The normalized spacial score (nSPS) is 35.8. The lowest BCUT2D eigenvalue weighted by molar-refractivity contribution is -0.0407. The molecule has 0 spiro atoms. The monoisotopic (exact) mass is 250 g/mol. The van der Waals surface area contributed by atoms with Gasteiger partial charge in [-0.25, -0.2) is 0 Å². The molecule has 2 rings (SSSR count). The zero-order chi connectivity index (χ0) is 13.1. The molecule has 0 amide bonds. The van der Waals surface area contributed by atoms with E-state index in [1.54, 1.807) is 0 Å². The average molecular weight is 250 g/mol. The molecule has 0 aromatic heterocycles. The minimum Gasteiger partial charge on any atom is -0.391 e. The Bertz CT molecular complexity index is 304. The third-order valence-electron chi connectivity index (χ3n) is 4.79. The van der Waals surface area contributed by atoms with E-state index in [-0.39, 0.29) is 6.10 Å². The first-order valence-corrected chi connectivity index (χ1v) is 7.20. The van der Waals surface area contributed by atoms with E-state index in [0.29, 0.717) is 17.8 Å². The number of nitrogens with zero attached hydrogens (tertiary/aromatic N) is 2. The van der Waals surface area contributed by atoms with Crippen LogP contribution in [0.1, 0.15) is 19.8 Å². The summed E-state index contributed by atoms with van der Waals surface area (Å²) in [4.78, 5) is 4.72. The van der Waals surface area contributed by atoms with Gasteiger partial charge >= 0.3 is 0 Å². The molecule has 1 aliphatic carbocycles. The molecule has 0 bridgehead atoms. The van der Waals surface area contributed by atoms with Crippen LogP contribution in [0.15, 0.2) is 0 Å². The van der Waals surface area contributed by atoms with Gasteiger partial charge in [0.05, 0.1) is 6.10 Å². The van der Waals surface area contributed by atoms with Gasteiger partial charge < -0.3 is 10.0 Å². The minimum atomic E-state index is -0.242. The van der Waals surface area contributed by atoms with Crippen LogP contribution >= 0.6 is 0 Å². The summed E-state index contributed by atoms with van der Waals surface area (Å²) in [6.45, 7) is 7.34. The van der Waals surface area contributed by atoms with Crippen molar-refractivity contribution in [3.05, 3.63) is 0 Å². The van der Waals surface area contributed by atoms with E-state index in [9.17, 15) is 5.11 Å². The van der Waals surface area contributed by atoms with Gasteiger partial charge in [-0.3, -0.25) is 4.90 Å². The Balaban J connectivity index is 1.83. The lowest BCUT2D eigenvalue weighted by Crippen LogP contribution is -2.52. The van der Waals surface area contributed by atoms with Gasteiger partial charge in [0.1, 0.15) is 0 Å². The van der Waals surface area contributed by atoms with Gasteiger partial charge in [0.15, 0.2) is 0 Å². The summed E-state index contributed by atoms with van der Waals surface area (Å²) < 4.78 is 0. The van der Waals surface area contributed by atoms with E-state index < -0.39 is 0 Å². The van der Waals surface area contributed by atoms with Gasteiger partial charge in [-0.15, -0.1) is 12.3 Å². The second kappa shape index (κ2) is 6.06. The molecule has 2 aliphatic rings. The highest BCUT2D eigenvalue weighted by atomic mass is 16.3. The van der Waals surface area contributed by atoms with E-state index >= 15 is 0 Å². The van der Waals surface area contributed by atoms with E-state index in [1.165, 1.54) is 0 Å². The molecule has 4 atom stereocenters. The number of hydrogen-bond acceptors (Lipinski definition) is 3. The van der Waals surface area contributed by atoms with Crippen molar-refractivity contribution in [3.8, 4) is 12.3 Å². The highest BCUT2D eigenvalue weighted by Crippen LogP contribution is 2.44. The quantitative estimate of drug-likeness (QED) is 0.751. The van der Waals surface area contributed by atoms with Crippen LogP contribution in [0.3, 0.4) is 0 Å². The minimum absolute atomic E-state index is 0.242. The van der Waals surface area contributed by atoms with Crippen molar-refractivity contribution in [2.24, 2.45) is 17.8 Å². The summed E-state index contributed by atoms with van der Waals surface area (Å²) in [7, 11) is 2.15.